The lowest BCUT2D eigenvalue weighted by atomic mass is 9.96. The monoisotopic (exact) mass is 408 g/mol. The molecular formula is C20H23F3N4O2. The van der Waals surface area contributed by atoms with E-state index in [1.54, 1.807) is 19.1 Å². The second-order valence-electron chi connectivity index (χ2n) is 6.46. The van der Waals surface area contributed by atoms with Crippen LogP contribution in [0.2, 0.25) is 0 Å². The second kappa shape index (κ2) is 9.92. The predicted octanol–water partition coefficient (Wildman–Crippen LogP) is 2.51. The third-order valence-electron chi connectivity index (χ3n) is 4.03. The predicted molar refractivity (Wildman–Crippen MR) is 105 cm³/mol. The molecule has 29 heavy (non-hydrogen) atoms. The Morgan fingerprint density at radius 3 is 2.41 bits per heavy atom. The molecule has 2 aromatic carbocycles. The number of halogens is 3. The van der Waals surface area contributed by atoms with Gasteiger partial charge in [-0.3, -0.25) is 4.79 Å². The number of aliphatic imine (C=N–C) groups is 1. The van der Waals surface area contributed by atoms with Crippen LogP contribution >= 0.6 is 0 Å². The molecule has 0 heterocycles. The van der Waals surface area contributed by atoms with E-state index in [1.807, 2.05) is 25.1 Å². The first kappa shape index (κ1) is 22.2. The molecule has 0 radical (unpaired) electrons. The van der Waals surface area contributed by atoms with Gasteiger partial charge < -0.3 is 21.1 Å². The zero-order valence-corrected chi connectivity index (χ0v) is 16.1. The van der Waals surface area contributed by atoms with Crippen LogP contribution in [0.1, 0.15) is 19.4 Å². The summed E-state index contributed by atoms with van der Waals surface area (Å²) in [6, 6.07) is 10.7. The van der Waals surface area contributed by atoms with Gasteiger partial charge in [0.2, 0.25) is 5.91 Å². The molecule has 0 aromatic heterocycles. The molecule has 0 saturated heterocycles. The standard InChI is InChI=1S/C20H23F3N4O2/c1-3-24-19(26-12-20(2,29)13-7-5-4-6-8-13)25-11-16(28)27-15-10-9-14(21)17(22)18(15)23/h4-10,29H,3,11-12H2,1-2H3,(H,27,28)(H2,24,25,26). The molecule has 0 aliphatic heterocycles. The minimum Gasteiger partial charge on any atom is -0.384 e. The third kappa shape index (κ3) is 6.21. The average Bonchev–Trinajstić information content (AvgIpc) is 2.71. The molecular weight excluding hydrogens is 385 g/mol. The van der Waals surface area contributed by atoms with Crippen LogP contribution in [-0.2, 0) is 10.4 Å². The van der Waals surface area contributed by atoms with Gasteiger partial charge in [-0.25, -0.2) is 18.2 Å². The van der Waals surface area contributed by atoms with Crippen LogP contribution in [0.25, 0.3) is 0 Å². The first-order valence-corrected chi connectivity index (χ1v) is 8.98. The molecule has 156 valence electrons. The molecule has 0 fully saturated rings. The van der Waals surface area contributed by atoms with Crippen molar-refractivity contribution < 1.29 is 23.1 Å². The van der Waals surface area contributed by atoms with E-state index in [0.717, 1.165) is 6.07 Å². The molecule has 0 saturated carbocycles. The highest BCUT2D eigenvalue weighted by molar-refractivity contribution is 5.94. The molecule has 4 N–H and O–H groups in total. The summed E-state index contributed by atoms with van der Waals surface area (Å²) in [5.74, 6) is -4.95. The number of rotatable bonds is 7. The third-order valence-corrected chi connectivity index (χ3v) is 4.03. The summed E-state index contributed by atoms with van der Waals surface area (Å²) in [5, 5.41) is 18.6. The lowest BCUT2D eigenvalue weighted by Gasteiger charge is -2.25. The number of carbonyl (C=O) groups is 1. The lowest BCUT2D eigenvalue weighted by Crippen LogP contribution is -2.44. The highest BCUT2D eigenvalue weighted by Crippen LogP contribution is 2.20. The van der Waals surface area contributed by atoms with E-state index in [2.05, 4.69) is 20.9 Å². The van der Waals surface area contributed by atoms with Crippen LogP contribution in [0.15, 0.2) is 47.5 Å². The second-order valence-corrected chi connectivity index (χ2v) is 6.46. The number of benzene rings is 2. The van der Waals surface area contributed by atoms with Gasteiger partial charge in [0.25, 0.3) is 0 Å². The van der Waals surface area contributed by atoms with E-state index in [9.17, 15) is 23.1 Å². The molecule has 6 nitrogen and oxygen atoms in total. The normalized spacial score (nSPS) is 13.5. The Labute approximate surface area is 166 Å². The van der Waals surface area contributed by atoms with Gasteiger partial charge in [-0.1, -0.05) is 30.3 Å². The van der Waals surface area contributed by atoms with E-state index < -0.39 is 41.2 Å². The van der Waals surface area contributed by atoms with Crippen molar-refractivity contribution in [1.29, 1.82) is 0 Å². The van der Waals surface area contributed by atoms with Crippen LogP contribution in [0, 0.1) is 17.5 Å². The number of aliphatic hydroxyl groups is 1. The van der Waals surface area contributed by atoms with Gasteiger partial charge >= 0.3 is 0 Å². The van der Waals surface area contributed by atoms with Crippen molar-refractivity contribution in [2.75, 3.05) is 25.0 Å². The summed E-state index contributed by atoms with van der Waals surface area (Å²) in [6.07, 6.45) is 0. The Morgan fingerprint density at radius 2 is 1.76 bits per heavy atom. The van der Waals surface area contributed by atoms with Gasteiger partial charge in [-0.15, -0.1) is 0 Å². The molecule has 0 aliphatic carbocycles. The summed E-state index contributed by atoms with van der Waals surface area (Å²) in [7, 11) is 0. The van der Waals surface area contributed by atoms with E-state index >= 15 is 0 Å². The smallest absolute Gasteiger partial charge is 0.246 e. The molecule has 0 spiro atoms. The molecule has 0 bridgehead atoms. The summed E-state index contributed by atoms with van der Waals surface area (Å²) < 4.78 is 39.8. The van der Waals surface area contributed by atoms with Gasteiger partial charge in [-0.05, 0) is 31.5 Å². The maximum Gasteiger partial charge on any atom is 0.246 e. The molecule has 9 heteroatoms. The highest BCUT2D eigenvalue weighted by Gasteiger charge is 2.23. The first-order valence-electron chi connectivity index (χ1n) is 8.98. The number of hydrogen-bond donors (Lipinski definition) is 4. The van der Waals surface area contributed by atoms with Crippen molar-refractivity contribution >= 4 is 17.6 Å². The lowest BCUT2D eigenvalue weighted by molar-refractivity contribution is -0.114. The zero-order valence-electron chi connectivity index (χ0n) is 16.1. The van der Waals surface area contributed by atoms with Gasteiger partial charge in [0.15, 0.2) is 23.4 Å². The van der Waals surface area contributed by atoms with Crippen molar-refractivity contribution in [1.82, 2.24) is 10.6 Å². The largest absolute Gasteiger partial charge is 0.384 e. The quantitative estimate of drug-likeness (QED) is 0.322. The Kier molecular flexibility index (Phi) is 7.60. The van der Waals surface area contributed by atoms with Crippen LogP contribution in [-0.4, -0.2) is 36.6 Å². The number of nitrogens with zero attached hydrogens (tertiary/aromatic N) is 1. The van der Waals surface area contributed by atoms with Crippen LogP contribution < -0.4 is 16.0 Å². The molecule has 2 aromatic rings. The fourth-order valence-electron chi connectivity index (χ4n) is 2.46. The molecule has 2 rings (SSSR count). The van der Waals surface area contributed by atoms with Gasteiger partial charge in [0, 0.05) is 6.54 Å². The average molecular weight is 408 g/mol. The summed E-state index contributed by atoms with van der Waals surface area (Å²) in [4.78, 5) is 16.0. The van der Waals surface area contributed by atoms with E-state index in [0.29, 0.717) is 18.2 Å². The van der Waals surface area contributed by atoms with Gasteiger partial charge in [-0.2, -0.15) is 0 Å². The van der Waals surface area contributed by atoms with E-state index in [1.165, 1.54) is 0 Å². The molecule has 1 amide bonds. The summed E-state index contributed by atoms with van der Waals surface area (Å²) in [6.45, 7) is 3.67. The van der Waals surface area contributed by atoms with Crippen molar-refractivity contribution in [3.8, 4) is 0 Å². The number of guanidine groups is 1. The zero-order chi connectivity index (χ0) is 21.4. The van der Waals surface area contributed by atoms with Crippen molar-refractivity contribution in [3.63, 3.8) is 0 Å². The molecule has 1 atom stereocenters. The maximum absolute atomic E-state index is 13.6. The fourth-order valence-corrected chi connectivity index (χ4v) is 2.46. The van der Waals surface area contributed by atoms with Crippen LogP contribution in [0.3, 0.4) is 0 Å². The Bertz CT molecular complexity index is 874. The van der Waals surface area contributed by atoms with Gasteiger partial charge in [0.05, 0.1) is 12.2 Å². The van der Waals surface area contributed by atoms with Gasteiger partial charge in [0.1, 0.15) is 12.1 Å². The Balaban J connectivity index is 1.99. The van der Waals surface area contributed by atoms with Crippen molar-refractivity contribution in [2.45, 2.75) is 19.4 Å². The topological polar surface area (TPSA) is 85.8 Å². The SMILES string of the molecule is CCNC(=NCC(=O)Nc1ccc(F)c(F)c1F)NCC(C)(O)c1ccccc1. The number of amides is 1. The van der Waals surface area contributed by atoms with Crippen molar-refractivity contribution in [3.05, 3.63) is 65.5 Å². The first-order chi connectivity index (χ1) is 13.7. The fraction of sp³-hybridized carbons (Fsp3) is 0.300. The van der Waals surface area contributed by atoms with E-state index in [-0.39, 0.29) is 12.5 Å². The van der Waals surface area contributed by atoms with Crippen LogP contribution in [0.4, 0.5) is 18.9 Å². The number of nitrogens with one attached hydrogen (secondary N) is 3. The minimum atomic E-state index is -1.66. The number of carbonyl (C=O) groups excluding carboxylic acids is 1. The van der Waals surface area contributed by atoms with Crippen molar-refractivity contribution in [2.24, 2.45) is 4.99 Å². The Hall–Kier alpha value is -3.07. The minimum absolute atomic E-state index is 0.113. The molecule has 1 unspecified atom stereocenters. The van der Waals surface area contributed by atoms with Crippen LogP contribution in [0.5, 0.6) is 0 Å². The number of anilines is 1. The molecule has 0 aliphatic rings. The van der Waals surface area contributed by atoms with E-state index in [4.69, 9.17) is 0 Å². The Morgan fingerprint density at radius 1 is 1.07 bits per heavy atom. The summed E-state index contributed by atoms with van der Waals surface area (Å²) in [5.41, 5.74) is -0.960. The summed E-state index contributed by atoms with van der Waals surface area (Å²) >= 11 is 0. The maximum atomic E-state index is 13.6. The highest BCUT2D eigenvalue weighted by atomic mass is 19.2. The number of hydrogen-bond acceptors (Lipinski definition) is 3.